The fourth-order valence-electron chi connectivity index (χ4n) is 4.79. The minimum absolute atomic E-state index is 0.125. The molecule has 4 heterocycles. The van der Waals surface area contributed by atoms with Gasteiger partial charge >= 0.3 is 5.97 Å². The van der Waals surface area contributed by atoms with Crippen LogP contribution in [0.25, 0.3) is 33.1 Å². The summed E-state index contributed by atoms with van der Waals surface area (Å²) in [6.45, 7) is 1.96. The monoisotopic (exact) mass is 476 g/mol. The van der Waals surface area contributed by atoms with Crippen LogP contribution in [0, 0.1) is 0 Å². The standard InChI is InChI=1S/C24H17BrN2O4/c1-2-24(30)16-9-19-21-13(10-27(19)22(28)15(16)11-31-23(24)29)8-14-18(26-21)7-6-12-4-3-5-17(25)20(12)14/h3-9,30H,2,10-11H2,1H3/t24-/m0/s1. The molecule has 31 heavy (non-hydrogen) atoms. The number of hydrogen-bond donors (Lipinski definition) is 1. The number of hydrogen-bond acceptors (Lipinski definition) is 5. The number of halogens is 1. The highest BCUT2D eigenvalue weighted by molar-refractivity contribution is 9.10. The second-order valence-electron chi connectivity index (χ2n) is 8.07. The predicted molar refractivity (Wildman–Crippen MR) is 120 cm³/mol. The molecule has 0 bridgehead atoms. The highest BCUT2D eigenvalue weighted by Gasteiger charge is 2.45. The molecule has 0 spiro atoms. The topological polar surface area (TPSA) is 81.4 Å². The van der Waals surface area contributed by atoms with E-state index < -0.39 is 11.6 Å². The van der Waals surface area contributed by atoms with Gasteiger partial charge in [0.15, 0.2) is 5.60 Å². The number of pyridine rings is 2. The van der Waals surface area contributed by atoms with Gasteiger partial charge in [-0.15, -0.1) is 0 Å². The van der Waals surface area contributed by atoms with Crippen molar-refractivity contribution < 1.29 is 14.6 Å². The van der Waals surface area contributed by atoms with Gasteiger partial charge in [-0.3, -0.25) is 4.79 Å². The van der Waals surface area contributed by atoms with E-state index in [1.165, 1.54) is 0 Å². The number of carbonyl (C=O) groups is 1. The molecule has 0 radical (unpaired) electrons. The summed E-state index contributed by atoms with van der Waals surface area (Å²) in [6.07, 6.45) is 0.125. The molecule has 1 N–H and O–H groups in total. The van der Waals surface area contributed by atoms with Crippen LogP contribution < -0.4 is 5.56 Å². The smallest absolute Gasteiger partial charge is 0.343 e. The van der Waals surface area contributed by atoms with E-state index in [4.69, 9.17) is 9.72 Å². The molecule has 2 aromatic carbocycles. The Morgan fingerprint density at radius 3 is 2.87 bits per heavy atom. The van der Waals surface area contributed by atoms with E-state index in [9.17, 15) is 14.7 Å². The van der Waals surface area contributed by atoms with Gasteiger partial charge in [0, 0.05) is 26.4 Å². The van der Waals surface area contributed by atoms with Gasteiger partial charge < -0.3 is 14.4 Å². The van der Waals surface area contributed by atoms with Crippen LogP contribution in [-0.4, -0.2) is 20.6 Å². The molecule has 0 fully saturated rings. The molecule has 0 unspecified atom stereocenters. The fourth-order valence-corrected chi connectivity index (χ4v) is 5.39. The number of fused-ring (bicyclic) bond motifs is 7. The third kappa shape index (κ3) is 2.38. The Labute approximate surface area is 185 Å². The first-order valence-corrected chi connectivity index (χ1v) is 10.9. The number of ether oxygens (including phenoxy) is 1. The molecule has 0 aliphatic carbocycles. The molecule has 4 aromatic rings. The van der Waals surface area contributed by atoms with Crippen LogP contribution in [0.15, 0.2) is 51.7 Å². The molecule has 0 amide bonds. The Balaban J connectivity index is 1.65. The van der Waals surface area contributed by atoms with Gasteiger partial charge in [0.05, 0.1) is 29.0 Å². The maximum atomic E-state index is 13.3. The lowest BCUT2D eigenvalue weighted by atomic mass is 9.86. The van der Waals surface area contributed by atoms with Crippen molar-refractivity contribution in [3.05, 3.63) is 74.0 Å². The maximum Gasteiger partial charge on any atom is 0.343 e. The van der Waals surface area contributed by atoms with Crippen molar-refractivity contribution in [1.82, 2.24) is 9.55 Å². The summed E-state index contributed by atoms with van der Waals surface area (Å²) >= 11 is 3.65. The molecule has 0 saturated carbocycles. The molecule has 1 atom stereocenters. The molecule has 154 valence electrons. The zero-order chi connectivity index (χ0) is 21.5. The van der Waals surface area contributed by atoms with E-state index in [0.29, 0.717) is 29.1 Å². The van der Waals surface area contributed by atoms with Crippen LogP contribution in [0.5, 0.6) is 0 Å². The normalized spacial score (nSPS) is 19.3. The van der Waals surface area contributed by atoms with Gasteiger partial charge in [-0.25, -0.2) is 9.78 Å². The predicted octanol–water partition coefficient (Wildman–Crippen LogP) is 4.00. The van der Waals surface area contributed by atoms with Crippen molar-refractivity contribution in [1.29, 1.82) is 0 Å². The largest absolute Gasteiger partial charge is 0.458 e. The lowest BCUT2D eigenvalue weighted by molar-refractivity contribution is -0.172. The van der Waals surface area contributed by atoms with E-state index in [1.807, 2.05) is 24.3 Å². The lowest BCUT2D eigenvalue weighted by Gasteiger charge is -2.31. The number of rotatable bonds is 1. The van der Waals surface area contributed by atoms with E-state index >= 15 is 0 Å². The zero-order valence-corrected chi connectivity index (χ0v) is 18.2. The van der Waals surface area contributed by atoms with Crippen molar-refractivity contribution in [3.8, 4) is 11.4 Å². The second kappa shape index (κ2) is 6.24. The van der Waals surface area contributed by atoms with Crippen molar-refractivity contribution in [2.24, 2.45) is 0 Å². The molecule has 6 nitrogen and oxygen atoms in total. The highest BCUT2D eigenvalue weighted by Crippen LogP contribution is 2.40. The first kappa shape index (κ1) is 18.7. The molecule has 0 saturated heterocycles. The van der Waals surface area contributed by atoms with E-state index in [-0.39, 0.29) is 18.6 Å². The van der Waals surface area contributed by atoms with Crippen LogP contribution in [0.2, 0.25) is 0 Å². The van der Waals surface area contributed by atoms with Crippen LogP contribution in [0.1, 0.15) is 30.0 Å². The first-order chi connectivity index (χ1) is 14.9. The summed E-state index contributed by atoms with van der Waals surface area (Å²) in [5.74, 6) is -0.715. The summed E-state index contributed by atoms with van der Waals surface area (Å²) in [4.78, 5) is 30.5. The Kier molecular flexibility index (Phi) is 3.77. The van der Waals surface area contributed by atoms with Crippen LogP contribution in [0.3, 0.4) is 0 Å². The van der Waals surface area contributed by atoms with E-state index in [0.717, 1.165) is 31.7 Å². The molecular formula is C24H17BrN2O4. The number of benzene rings is 2. The maximum absolute atomic E-state index is 13.3. The molecule has 2 aliphatic heterocycles. The van der Waals surface area contributed by atoms with Gasteiger partial charge in [0.2, 0.25) is 0 Å². The van der Waals surface area contributed by atoms with Gasteiger partial charge in [-0.05, 0) is 36.1 Å². The van der Waals surface area contributed by atoms with Crippen molar-refractivity contribution >= 4 is 43.6 Å². The number of carbonyl (C=O) groups excluding carboxylic acids is 1. The molecule has 6 rings (SSSR count). The average molecular weight is 477 g/mol. The average Bonchev–Trinajstić information content (AvgIpc) is 3.13. The number of cyclic esters (lactones) is 1. The molecule has 2 aliphatic rings. The Morgan fingerprint density at radius 2 is 2.06 bits per heavy atom. The van der Waals surface area contributed by atoms with E-state index in [1.54, 1.807) is 17.6 Å². The Bertz CT molecular complexity index is 1520. The lowest BCUT2D eigenvalue weighted by Crippen LogP contribution is -2.44. The third-order valence-corrected chi connectivity index (χ3v) is 7.14. The van der Waals surface area contributed by atoms with Crippen molar-refractivity contribution in [3.63, 3.8) is 0 Å². The fraction of sp³-hybridized carbons (Fsp3) is 0.208. The Hall–Kier alpha value is -3.03. The van der Waals surface area contributed by atoms with Crippen LogP contribution >= 0.6 is 15.9 Å². The summed E-state index contributed by atoms with van der Waals surface area (Å²) in [6, 6.07) is 13.9. The van der Waals surface area contributed by atoms with Gasteiger partial charge in [0.1, 0.15) is 6.61 Å². The van der Waals surface area contributed by atoms with Gasteiger partial charge in [-0.1, -0.05) is 41.1 Å². The summed E-state index contributed by atoms with van der Waals surface area (Å²) in [5.41, 5.74) is 1.68. The number of nitrogens with zero attached hydrogens (tertiary/aromatic N) is 2. The summed E-state index contributed by atoms with van der Waals surface area (Å²) in [7, 11) is 0. The number of esters is 1. The second-order valence-corrected chi connectivity index (χ2v) is 8.92. The SMILES string of the molecule is CC[C@@]1(O)C(=O)OCc2c1cc1n(c2=O)Cc2cc3c(ccc4cccc(Br)c43)nc2-1. The van der Waals surface area contributed by atoms with Gasteiger partial charge in [0.25, 0.3) is 5.56 Å². The van der Waals surface area contributed by atoms with Crippen LogP contribution in [-0.2, 0) is 28.3 Å². The highest BCUT2D eigenvalue weighted by atomic mass is 79.9. The quantitative estimate of drug-likeness (QED) is 0.292. The Morgan fingerprint density at radius 1 is 1.23 bits per heavy atom. The molecular weight excluding hydrogens is 460 g/mol. The molecule has 7 heteroatoms. The minimum Gasteiger partial charge on any atom is -0.458 e. The van der Waals surface area contributed by atoms with Gasteiger partial charge in [-0.2, -0.15) is 0 Å². The molecule has 2 aromatic heterocycles. The van der Waals surface area contributed by atoms with Crippen molar-refractivity contribution in [2.45, 2.75) is 32.1 Å². The number of aliphatic hydroxyl groups is 1. The summed E-state index contributed by atoms with van der Waals surface area (Å²) in [5, 5.41) is 14.2. The zero-order valence-electron chi connectivity index (χ0n) is 16.6. The van der Waals surface area contributed by atoms with Crippen molar-refractivity contribution in [2.75, 3.05) is 0 Å². The summed E-state index contributed by atoms with van der Waals surface area (Å²) < 4.78 is 7.77. The number of aromatic nitrogens is 2. The first-order valence-electron chi connectivity index (χ1n) is 10.1. The minimum atomic E-state index is -1.82. The third-order valence-electron chi connectivity index (χ3n) is 6.48. The van der Waals surface area contributed by atoms with E-state index in [2.05, 4.69) is 28.1 Å². The van der Waals surface area contributed by atoms with Crippen LogP contribution in [0.4, 0.5) is 0 Å².